The molecule has 0 amide bonds. The maximum Gasteiger partial charge on any atom is 0.0728 e. The van der Waals surface area contributed by atoms with Crippen LogP contribution >= 0.6 is 7.92 Å². The van der Waals surface area contributed by atoms with Crippen LogP contribution in [0.5, 0.6) is 0 Å². The first kappa shape index (κ1) is 18.5. The highest BCUT2D eigenvalue weighted by atomic mass is 31.1. The third kappa shape index (κ3) is 3.70. The fraction of sp³-hybridized carbons (Fsp3) is 0. The Hall–Kier alpha value is -3.48. The Bertz CT molecular complexity index is 1190. The summed E-state index contributed by atoms with van der Waals surface area (Å²) in [7, 11) is -0.726. The molecule has 2 aromatic heterocycles. The number of nitrogens with zero attached hydrogens (tertiary/aromatic N) is 1. The van der Waals surface area contributed by atoms with Crippen LogP contribution in [0.3, 0.4) is 0 Å². The van der Waals surface area contributed by atoms with Crippen LogP contribution in [0.1, 0.15) is 0 Å². The SMILES string of the molecule is c1ccc(P(c2ccccc2)c2cccc(-c3ccccc3-c3ccc[nH]3)n2)cc1. The van der Waals surface area contributed by atoms with Gasteiger partial charge in [-0.3, -0.25) is 0 Å². The quantitative estimate of drug-likeness (QED) is 0.385. The van der Waals surface area contributed by atoms with Crippen molar-refractivity contribution in [1.82, 2.24) is 9.97 Å². The van der Waals surface area contributed by atoms with Crippen LogP contribution < -0.4 is 16.0 Å². The number of pyridine rings is 1. The van der Waals surface area contributed by atoms with Crippen molar-refractivity contribution in [3.05, 3.63) is 121 Å². The minimum absolute atomic E-state index is 0.726. The van der Waals surface area contributed by atoms with E-state index in [4.69, 9.17) is 4.98 Å². The lowest BCUT2D eigenvalue weighted by molar-refractivity contribution is 1.36. The van der Waals surface area contributed by atoms with Crippen molar-refractivity contribution in [3.63, 3.8) is 0 Å². The largest absolute Gasteiger partial charge is 0.361 e. The van der Waals surface area contributed by atoms with Crippen molar-refractivity contribution < 1.29 is 0 Å². The van der Waals surface area contributed by atoms with E-state index in [-0.39, 0.29) is 0 Å². The molecule has 0 atom stereocenters. The van der Waals surface area contributed by atoms with E-state index in [9.17, 15) is 0 Å². The summed E-state index contributed by atoms with van der Waals surface area (Å²) >= 11 is 0. The number of aromatic amines is 1. The minimum Gasteiger partial charge on any atom is -0.361 e. The molecule has 2 heterocycles. The second-order valence-corrected chi connectivity index (χ2v) is 9.18. The zero-order valence-corrected chi connectivity index (χ0v) is 17.3. The summed E-state index contributed by atoms with van der Waals surface area (Å²) in [5.74, 6) is 0. The number of benzene rings is 3. The van der Waals surface area contributed by atoms with Gasteiger partial charge in [0.25, 0.3) is 0 Å². The van der Waals surface area contributed by atoms with Crippen molar-refractivity contribution in [2.24, 2.45) is 0 Å². The maximum atomic E-state index is 5.18. The molecule has 0 aliphatic rings. The highest BCUT2D eigenvalue weighted by Gasteiger charge is 2.18. The molecular formula is C27H21N2P. The van der Waals surface area contributed by atoms with Crippen LogP contribution in [-0.4, -0.2) is 9.97 Å². The fourth-order valence-corrected chi connectivity index (χ4v) is 5.92. The molecule has 144 valence electrons. The molecule has 0 aliphatic carbocycles. The molecule has 0 saturated carbocycles. The van der Waals surface area contributed by atoms with Gasteiger partial charge in [0.05, 0.1) is 11.1 Å². The van der Waals surface area contributed by atoms with Crippen molar-refractivity contribution in [1.29, 1.82) is 0 Å². The number of H-pyrrole nitrogens is 1. The Morgan fingerprint density at radius 3 is 1.80 bits per heavy atom. The first-order chi connectivity index (χ1) is 14.9. The van der Waals surface area contributed by atoms with Gasteiger partial charge in [-0.15, -0.1) is 0 Å². The number of nitrogens with one attached hydrogen (secondary N) is 1. The lowest BCUT2D eigenvalue weighted by Gasteiger charge is -2.19. The summed E-state index contributed by atoms with van der Waals surface area (Å²) in [6, 6.07) is 40.4. The number of aromatic nitrogens is 2. The van der Waals surface area contributed by atoms with Crippen molar-refractivity contribution in [3.8, 4) is 22.5 Å². The van der Waals surface area contributed by atoms with Gasteiger partial charge in [-0.1, -0.05) is 91.0 Å². The van der Waals surface area contributed by atoms with E-state index in [2.05, 4.69) is 114 Å². The summed E-state index contributed by atoms with van der Waals surface area (Å²) in [5.41, 5.74) is 5.51. The fourth-order valence-electron chi connectivity index (χ4n) is 3.70. The number of hydrogen-bond acceptors (Lipinski definition) is 1. The highest BCUT2D eigenvalue weighted by Crippen LogP contribution is 2.34. The third-order valence-electron chi connectivity index (χ3n) is 5.08. The monoisotopic (exact) mass is 404 g/mol. The standard InChI is InChI=1S/C27H21N2P/c1-3-11-21(12-4-1)30(22-13-5-2-6-14-22)27-19-9-17-26(29-27)24-16-8-7-15-23(24)25-18-10-20-28-25/h1-20,28H. The third-order valence-corrected chi connectivity index (χ3v) is 7.42. The van der Waals surface area contributed by atoms with E-state index < -0.39 is 7.92 Å². The molecule has 0 radical (unpaired) electrons. The minimum atomic E-state index is -0.726. The van der Waals surface area contributed by atoms with Gasteiger partial charge in [0, 0.05) is 30.9 Å². The average molecular weight is 404 g/mol. The topological polar surface area (TPSA) is 28.7 Å². The van der Waals surface area contributed by atoms with E-state index in [0.717, 1.165) is 27.9 Å². The Balaban J connectivity index is 1.64. The van der Waals surface area contributed by atoms with Gasteiger partial charge in [-0.05, 0) is 34.9 Å². The summed E-state index contributed by atoms with van der Waals surface area (Å²) in [6.45, 7) is 0. The van der Waals surface area contributed by atoms with E-state index in [1.54, 1.807) is 0 Å². The van der Waals surface area contributed by atoms with Gasteiger partial charge in [0.15, 0.2) is 0 Å². The lowest BCUT2D eigenvalue weighted by atomic mass is 10.0. The highest BCUT2D eigenvalue weighted by molar-refractivity contribution is 7.79. The average Bonchev–Trinajstić information content (AvgIpc) is 3.36. The molecule has 3 heteroatoms. The van der Waals surface area contributed by atoms with E-state index in [0.29, 0.717) is 0 Å². The maximum absolute atomic E-state index is 5.18. The molecule has 0 aliphatic heterocycles. The second-order valence-electron chi connectivity index (χ2n) is 7.02. The summed E-state index contributed by atoms with van der Waals surface area (Å²) < 4.78 is 0. The van der Waals surface area contributed by atoms with Crippen LogP contribution in [0.25, 0.3) is 22.5 Å². The van der Waals surface area contributed by atoms with Crippen LogP contribution in [0, 0.1) is 0 Å². The van der Waals surface area contributed by atoms with Gasteiger partial charge in [-0.2, -0.15) is 0 Å². The molecule has 0 saturated heterocycles. The van der Waals surface area contributed by atoms with Crippen molar-refractivity contribution in [2.45, 2.75) is 0 Å². The smallest absolute Gasteiger partial charge is 0.0728 e. The summed E-state index contributed by atoms with van der Waals surface area (Å²) in [6.07, 6.45) is 1.96. The van der Waals surface area contributed by atoms with Crippen LogP contribution in [0.15, 0.2) is 121 Å². The molecule has 30 heavy (non-hydrogen) atoms. The van der Waals surface area contributed by atoms with Gasteiger partial charge in [0.1, 0.15) is 0 Å². The molecule has 0 fully saturated rings. The number of hydrogen-bond donors (Lipinski definition) is 1. The molecule has 0 bridgehead atoms. The summed E-state index contributed by atoms with van der Waals surface area (Å²) in [4.78, 5) is 8.51. The molecule has 1 N–H and O–H groups in total. The zero-order valence-electron chi connectivity index (χ0n) is 16.4. The zero-order chi connectivity index (χ0) is 20.2. The van der Waals surface area contributed by atoms with Crippen molar-refractivity contribution in [2.75, 3.05) is 0 Å². The predicted molar refractivity (Wildman–Crippen MR) is 128 cm³/mol. The molecule has 0 unspecified atom stereocenters. The Kier molecular flexibility index (Phi) is 5.25. The van der Waals surface area contributed by atoms with Crippen LogP contribution in [-0.2, 0) is 0 Å². The predicted octanol–water partition coefficient (Wildman–Crippen LogP) is 5.50. The Morgan fingerprint density at radius 1 is 0.533 bits per heavy atom. The van der Waals surface area contributed by atoms with Gasteiger partial charge in [-0.25, -0.2) is 4.98 Å². The molecule has 2 nitrogen and oxygen atoms in total. The van der Waals surface area contributed by atoms with Crippen LogP contribution in [0.4, 0.5) is 0 Å². The molecule has 5 aromatic rings. The van der Waals surface area contributed by atoms with E-state index in [1.165, 1.54) is 10.6 Å². The van der Waals surface area contributed by atoms with Gasteiger partial charge < -0.3 is 4.98 Å². The Labute approximate surface area is 178 Å². The van der Waals surface area contributed by atoms with E-state index in [1.807, 2.05) is 12.3 Å². The summed E-state index contributed by atoms with van der Waals surface area (Å²) in [5, 5.41) is 2.61. The molecule has 5 rings (SSSR count). The molecule has 0 spiro atoms. The lowest BCUT2D eigenvalue weighted by Crippen LogP contribution is -2.22. The second kappa shape index (κ2) is 8.49. The van der Waals surface area contributed by atoms with E-state index >= 15 is 0 Å². The first-order valence-electron chi connectivity index (χ1n) is 10.0. The van der Waals surface area contributed by atoms with Gasteiger partial charge in [0.2, 0.25) is 0 Å². The first-order valence-corrected chi connectivity index (χ1v) is 11.3. The number of rotatable bonds is 5. The Morgan fingerprint density at radius 2 is 1.17 bits per heavy atom. The molecular weight excluding hydrogens is 383 g/mol. The van der Waals surface area contributed by atoms with Crippen LogP contribution in [0.2, 0.25) is 0 Å². The normalized spacial score (nSPS) is 11.0. The molecule has 3 aromatic carbocycles. The van der Waals surface area contributed by atoms with Gasteiger partial charge >= 0.3 is 0 Å². The van der Waals surface area contributed by atoms with Crippen molar-refractivity contribution >= 4 is 24.0 Å².